The standard InChI is InChI=1S/C37H34ClN5O5S2/c1-37(2,3)48-36(47)43-17-16-28-29(20-39)35(50-31(28)21-43)42-32(44)22-49-27-11-7-10-26(19-27)40-34(46)30(18-23-12-14-25(38)15-13-23)41-33(45)24-8-5-4-6-9-24/h4-15,18-19H,16-17,21-22H2,1-3H3,(H,40,46)(H,41,45)(H,42,44)/b30-18+. The summed E-state index contributed by atoms with van der Waals surface area (Å²) in [5.74, 6) is -1.24. The van der Waals surface area contributed by atoms with E-state index in [4.69, 9.17) is 16.3 Å². The highest BCUT2D eigenvalue weighted by molar-refractivity contribution is 8.00. The summed E-state index contributed by atoms with van der Waals surface area (Å²) in [6.45, 7) is 6.15. The summed E-state index contributed by atoms with van der Waals surface area (Å²) in [6.07, 6.45) is 1.63. The number of amides is 4. The van der Waals surface area contributed by atoms with E-state index in [9.17, 15) is 24.4 Å². The summed E-state index contributed by atoms with van der Waals surface area (Å²) in [7, 11) is 0. The Bertz CT molecular complexity index is 1980. The molecule has 3 aromatic carbocycles. The molecular formula is C37H34ClN5O5S2. The molecule has 0 spiro atoms. The normalized spacial score (nSPS) is 12.7. The lowest BCUT2D eigenvalue weighted by molar-refractivity contribution is -0.114. The molecule has 0 bridgehead atoms. The maximum Gasteiger partial charge on any atom is 0.410 e. The van der Waals surface area contributed by atoms with Crippen LogP contribution in [0.3, 0.4) is 0 Å². The second-order valence-electron chi connectivity index (χ2n) is 12.2. The third-order valence-corrected chi connectivity index (χ3v) is 9.62. The molecule has 5 rings (SSSR count). The summed E-state index contributed by atoms with van der Waals surface area (Å²) in [5.41, 5.74) is 2.18. The number of thioether (sulfide) groups is 1. The monoisotopic (exact) mass is 727 g/mol. The molecule has 4 aromatic rings. The van der Waals surface area contributed by atoms with Crippen molar-refractivity contribution in [2.75, 3.05) is 22.9 Å². The Morgan fingerprint density at radius 2 is 1.76 bits per heavy atom. The first-order chi connectivity index (χ1) is 23.9. The molecule has 256 valence electrons. The number of thiophene rings is 1. The predicted molar refractivity (Wildman–Crippen MR) is 197 cm³/mol. The lowest BCUT2D eigenvalue weighted by Crippen LogP contribution is -2.39. The van der Waals surface area contributed by atoms with Gasteiger partial charge in [-0.25, -0.2) is 4.79 Å². The molecule has 0 saturated carbocycles. The average molecular weight is 728 g/mol. The first-order valence-corrected chi connectivity index (χ1v) is 17.8. The highest BCUT2D eigenvalue weighted by atomic mass is 35.5. The highest BCUT2D eigenvalue weighted by Gasteiger charge is 2.30. The third-order valence-electron chi connectivity index (χ3n) is 7.24. The number of ether oxygens (including phenoxy) is 1. The van der Waals surface area contributed by atoms with Gasteiger partial charge in [0, 0.05) is 32.6 Å². The van der Waals surface area contributed by atoms with Gasteiger partial charge in [-0.2, -0.15) is 5.26 Å². The Morgan fingerprint density at radius 1 is 1.02 bits per heavy atom. The Kier molecular flexibility index (Phi) is 11.6. The Balaban J connectivity index is 1.22. The minimum atomic E-state index is -0.620. The van der Waals surface area contributed by atoms with Crippen molar-refractivity contribution in [2.24, 2.45) is 0 Å². The van der Waals surface area contributed by atoms with E-state index in [1.807, 2.05) is 26.8 Å². The SMILES string of the molecule is CC(C)(C)OC(=O)N1CCc2c(sc(NC(=O)CSc3cccc(NC(=O)/C(=C\c4ccc(Cl)cc4)NC(=O)c4ccccc4)c3)c2C#N)C1. The largest absolute Gasteiger partial charge is 0.444 e. The Morgan fingerprint density at radius 3 is 2.46 bits per heavy atom. The molecule has 3 N–H and O–H groups in total. The van der Waals surface area contributed by atoms with Gasteiger partial charge in [0.2, 0.25) is 5.91 Å². The van der Waals surface area contributed by atoms with Gasteiger partial charge in [0.15, 0.2) is 0 Å². The van der Waals surface area contributed by atoms with Gasteiger partial charge in [-0.05, 0) is 86.9 Å². The fourth-order valence-electron chi connectivity index (χ4n) is 4.93. The third kappa shape index (κ3) is 9.75. The molecule has 10 nitrogen and oxygen atoms in total. The van der Waals surface area contributed by atoms with Gasteiger partial charge in [-0.15, -0.1) is 23.1 Å². The van der Waals surface area contributed by atoms with Gasteiger partial charge in [-0.3, -0.25) is 14.4 Å². The molecule has 1 aromatic heterocycles. The van der Waals surface area contributed by atoms with Gasteiger partial charge in [-0.1, -0.05) is 48.0 Å². The molecule has 13 heteroatoms. The number of nitrogens with one attached hydrogen (secondary N) is 3. The van der Waals surface area contributed by atoms with Gasteiger partial charge in [0.05, 0.1) is 17.9 Å². The summed E-state index contributed by atoms with van der Waals surface area (Å²) >= 11 is 8.57. The lowest BCUT2D eigenvalue weighted by atomic mass is 10.0. The fraction of sp³-hybridized carbons (Fsp3) is 0.216. The molecule has 1 aliphatic heterocycles. The number of rotatable bonds is 9. The van der Waals surface area contributed by atoms with Crippen molar-refractivity contribution >= 4 is 75.3 Å². The molecule has 0 aliphatic carbocycles. The number of nitrogens with zero attached hydrogens (tertiary/aromatic N) is 2. The van der Waals surface area contributed by atoms with Gasteiger partial charge in [0.25, 0.3) is 11.8 Å². The smallest absolute Gasteiger partial charge is 0.410 e. The topological polar surface area (TPSA) is 141 Å². The predicted octanol–water partition coefficient (Wildman–Crippen LogP) is 7.71. The first kappa shape index (κ1) is 36.2. The number of hydrogen-bond donors (Lipinski definition) is 3. The van der Waals surface area contributed by atoms with Crippen LogP contribution in [0.2, 0.25) is 5.02 Å². The molecule has 0 atom stereocenters. The molecular weight excluding hydrogens is 694 g/mol. The number of benzene rings is 3. The van der Waals surface area contributed by atoms with E-state index in [0.717, 1.165) is 10.4 Å². The van der Waals surface area contributed by atoms with Crippen LogP contribution in [-0.4, -0.2) is 46.6 Å². The second-order valence-corrected chi connectivity index (χ2v) is 14.8. The van der Waals surface area contributed by atoms with Crippen LogP contribution in [0.4, 0.5) is 15.5 Å². The highest BCUT2D eigenvalue weighted by Crippen LogP contribution is 2.37. The quantitative estimate of drug-likeness (QED) is 0.119. The van der Waals surface area contributed by atoms with E-state index in [1.165, 1.54) is 23.1 Å². The molecule has 0 fully saturated rings. The van der Waals surface area contributed by atoms with Gasteiger partial charge in [0.1, 0.15) is 22.4 Å². The van der Waals surface area contributed by atoms with Crippen molar-refractivity contribution in [2.45, 2.75) is 44.2 Å². The van der Waals surface area contributed by atoms with Crippen LogP contribution >= 0.6 is 34.7 Å². The van der Waals surface area contributed by atoms with E-state index in [0.29, 0.717) is 56.8 Å². The summed E-state index contributed by atoms with van der Waals surface area (Å²) in [6, 6.07) is 24.6. The molecule has 50 heavy (non-hydrogen) atoms. The number of nitriles is 1. The average Bonchev–Trinajstić information content (AvgIpc) is 3.43. The maximum atomic E-state index is 13.4. The Hall–Kier alpha value is -5.09. The van der Waals surface area contributed by atoms with Crippen LogP contribution < -0.4 is 16.0 Å². The van der Waals surface area contributed by atoms with Crippen LogP contribution in [0.25, 0.3) is 6.08 Å². The van der Waals surface area contributed by atoms with Crippen LogP contribution in [0, 0.1) is 11.3 Å². The zero-order valence-corrected chi connectivity index (χ0v) is 29.9. The van der Waals surface area contributed by atoms with Crippen LogP contribution in [-0.2, 0) is 27.3 Å². The molecule has 0 saturated heterocycles. The molecule has 0 unspecified atom stereocenters. The first-order valence-electron chi connectivity index (χ1n) is 15.6. The summed E-state index contributed by atoms with van der Waals surface area (Å²) < 4.78 is 5.50. The zero-order valence-electron chi connectivity index (χ0n) is 27.5. The van der Waals surface area contributed by atoms with Crippen molar-refractivity contribution < 1.29 is 23.9 Å². The van der Waals surface area contributed by atoms with E-state index < -0.39 is 23.5 Å². The number of carbonyl (C=O) groups excluding carboxylic acids is 4. The lowest BCUT2D eigenvalue weighted by Gasteiger charge is -2.29. The number of fused-ring (bicyclic) bond motifs is 1. The fourth-order valence-corrected chi connectivity index (χ4v) is 7.04. The zero-order chi connectivity index (χ0) is 35.8. The molecule has 1 aliphatic rings. The van der Waals surface area contributed by atoms with Crippen molar-refractivity contribution in [3.05, 3.63) is 117 Å². The summed E-state index contributed by atoms with van der Waals surface area (Å²) in [4.78, 5) is 55.2. The number of carbonyl (C=O) groups is 4. The summed E-state index contributed by atoms with van der Waals surface area (Å²) in [5, 5.41) is 19.3. The van der Waals surface area contributed by atoms with Crippen molar-refractivity contribution in [1.82, 2.24) is 10.2 Å². The van der Waals surface area contributed by atoms with Crippen molar-refractivity contribution in [3.8, 4) is 6.07 Å². The Labute approximate surface area is 303 Å². The number of halogens is 1. The van der Waals surface area contributed by atoms with E-state index in [1.54, 1.807) is 83.8 Å². The van der Waals surface area contributed by atoms with E-state index in [-0.39, 0.29) is 17.4 Å². The maximum absolute atomic E-state index is 13.4. The van der Waals surface area contributed by atoms with Crippen LogP contribution in [0.1, 0.15) is 52.7 Å². The minimum Gasteiger partial charge on any atom is -0.444 e. The number of hydrogen-bond acceptors (Lipinski definition) is 8. The molecule has 0 radical (unpaired) electrons. The van der Waals surface area contributed by atoms with Crippen molar-refractivity contribution in [3.63, 3.8) is 0 Å². The molecule has 4 amide bonds. The molecule has 2 heterocycles. The van der Waals surface area contributed by atoms with Crippen molar-refractivity contribution in [1.29, 1.82) is 5.26 Å². The van der Waals surface area contributed by atoms with E-state index in [2.05, 4.69) is 22.0 Å². The van der Waals surface area contributed by atoms with Gasteiger partial charge >= 0.3 is 6.09 Å². The second kappa shape index (κ2) is 16.1. The van der Waals surface area contributed by atoms with Gasteiger partial charge < -0.3 is 25.6 Å². The minimum absolute atomic E-state index is 0.0276. The van der Waals surface area contributed by atoms with Crippen LogP contribution in [0.15, 0.2) is 89.5 Å². The number of anilines is 2. The van der Waals surface area contributed by atoms with Crippen LogP contribution in [0.5, 0.6) is 0 Å². The van der Waals surface area contributed by atoms with E-state index >= 15 is 0 Å².